The molecule has 3 N–H and O–H groups in total. The highest BCUT2D eigenvalue weighted by Gasteiger charge is 2.47. The van der Waals surface area contributed by atoms with Crippen molar-refractivity contribution < 1.29 is 20.1 Å². The van der Waals surface area contributed by atoms with E-state index in [1.165, 1.54) is 0 Å². The summed E-state index contributed by atoms with van der Waals surface area (Å²) in [5.41, 5.74) is -1.67. The zero-order valence-corrected chi connectivity index (χ0v) is 5.77. The maximum absolute atomic E-state index is 9.29. The van der Waals surface area contributed by atoms with Crippen LogP contribution in [0.15, 0.2) is 0 Å². The second-order valence-electron chi connectivity index (χ2n) is 2.57. The number of hydrogen-bond acceptors (Lipinski definition) is 5. The number of nitriles is 1. The third-order valence-electron chi connectivity index (χ3n) is 1.75. The second-order valence-corrected chi connectivity index (χ2v) is 2.57. The molecule has 3 atom stereocenters. The van der Waals surface area contributed by atoms with E-state index in [1.807, 2.05) is 0 Å². The van der Waals surface area contributed by atoms with E-state index in [4.69, 9.17) is 20.2 Å². The van der Waals surface area contributed by atoms with Crippen LogP contribution < -0.4 is 0 Å². The summed E-state index contributed by atoms with van der Waals surface area (Å²) in [6, 6.07) is 1.66. The van der Waals surface area contributed by atoms with Gasteiger partial charge in [-0.15, -0.1) is 0 Å². The van der Waals surface area contributed by atoms with Crippen molar-refractivity contribution in [2.24, 2.45) is 0 Å². The highest BCUT2D eigenvalue weighted by atomic mass is 16.5. The number of rotatable bonds is 1. The molecule has 5 nitrogen and oxygen atoms in total. The van der Waals surface area contributed by atoms with Gasteiger partial charge in [0, 0.05) is 0 Å². The highest BCUT2D eigenvalue weighted by molar-refractivity contribution is 5.05. The van der Waals surface area contributed by atoms with Crippen LogP contribution in [0.2, 0.25) is 0 Å². The van der Waals surface area contributed by atoms with Crippen LogP contribution >= 0.6 is 0 Å². The lowest BCUT2D eigenvalue weighted by molar-refractivity contribution is -0.0791. The first-order valence-electron chi connectivity index (χ1n) is 3.16. The average Bonchev–Trinajstić information content (AvgIpc) is 2.31. The van der Waals surface area contributed by atoms with Crippen LogP contribution in [0.1, 0.15) is 0 Å². The van der Waals surface area contributed by atoms with Gasteiger partial charge in [-0.25, -0.2) is 0 Å². The maximum Gasteiger partial charge on any atom is 0.172 e. The number of ether oxygens (including phenoxy) is 1. The quantitative estimate of drug-likeness (QED) is 0.411. The molecular formula is C6H9NO4. The summed E-state index contributed by atoms with van der Waals surface area (Å²) in [6.07, 6.45) is -2.36. The van der Waals surface area contributed by atoms with Gasteiger partial charge in [0.25, 0.3) is 0 Å². The summed E-state index contributed by atoms with van der Waals surface area (Å²) in [5, 5.41) is 35.4. The Morgan fingerprint density at radius 2 is 2.36 bits per heavy atom. The van der Waals surface area contributed by atoms with Crippen LogP contribution in [-0.4, -0.2) is 46.3 Å². The van der Waals surface area contributed by atoms with Crippen molar-refractivity contribution in [1.82, 2.24) is 0 Å². The molecule has 0 bridgehead atoms. The summed E-state index contributed by atoms with van der Waals surface area (Å²) in [6.45, 7) is -0.810. The molecule has 0 aromatic rings. The third kappa shape index (κ3) is 1.21. The van der Waals surface area contributed by atoms with Crippen molar-refractivity contribution >= 4 is 0 Å². The fourth-order valence-corrected chi connectivity index (χ4v) is 0.939. The molecule has 2 unspecified atom stereocenters. The Balaban J connectivity index is 2.71. The fourth-order valence-electron chi connectivity index (χ4n) is 0.939. The number of aliphatic hydroxyl groups is 3. The lowest BCUT2D eigenvalue weighted by Gasteiger charge is -2.21. The number of nitrogens with zero attached hydrogens (tertiary/aromatic N) is 1. The van der Waals surface area contributed by atoms with Crippen LogP contribution in [0.4, 0.5) is 0 Å². The molecule has 1 aliphatic heterocycles. The van der Waals surface area contributed by atoms with Crippen molar-refractivity contribution in [3.05, 3.63) is 0 Å². The van der Waals surface area contributed by atoms with E-state index >= 15 is 0 Å². The lowest BCUT2D eigenvalue weighted by Crippen LogP contribution is -2.46. The van der Waals surface area contributed by atoms with Gasteiger partial charge in [-0.3, -0.25) is 0 Å². The largest absolute Gasteiger partial charge is 0.393 e. The van der Waals surface area contributed by atoms with E-state index in [1.54, 1.807) is 6.07 Å². The second kappa shape index (κ2) is 2.75. The SMILES string of the molecule is N#CC1OCC(O)(CO)[C@H]1O. The van der Waals surface area contributed by atoms with Crippen molar-refractivity contribution in [2.75, 3.05) is 13.2 Å². The van der Waals surface area contributed by atoms with Crippen LogP contribution in [0.5, 0.6) is 0 Å². The van der Waals surface area contributed by atoms with Crippen molar-refractivity contribution in [1.29, 1.82) is 5.26 Å². The zero-order valence-electron chi connectivity index (χ0n) is 5.77. The molecule has 1 rings (SSSR count). The van der Waals surface area contributed by atoms with Crippen LogP contribution in [0.3, 0.4) is 0 Å². The topological polar surface area (TPSA) is 93.7 Å². The van der Waals surface area contributed by atoms with Crippen LogP contribution in [-0.2, 0) is 4.74 Å². The lowest BCUT2D eigenvalue weighted by atomic mass is 9.98. The summed E-state index contributed by atoms with van der Waals surface area (Å²) < 4.78 is 4.70. The highest BCUT2D eigenvalue weighted by Crippen LogP contribution is 2.23. The van der Waals surface area contributed by atoms with Gasteiger partial charge in [-0.2, -0.15) is 5.26 Å². The molecule has 1 aliphatic rings. The van der Waals surface area contributed by atoms with E-state index in [-0.39, 0.29) is 6.61 Å². The first-order chi connectivity index (χ1) is 5.14. The molecule has 0 radical (unpaired) electrons. The molecule has 0 aromatic heterocycles. The van der Waals surface area contributed by atoms with Gasteiger partial charge < -0.3 is 20.1 Å². The van der Waals surface area contributed by atoms with Crippen molar-refractivity contribution in [3.8, 4) is 6.07 Å². The predicted molar refractivity (Wildman–Crippen MR) is 33.4 cm³/mol. The molecule has 0 spiro atoms. The molecule has 0 saturated carbocycles. The Hall–Kier alpha value is -0.670. The minimum Gasteiger partial charge on any atom is -0.393 e. The van der Waals surface area contributed by atoms with E-state index in [9.17, 15) is 5.11 Å². The Kier molecular flexibility index (Phi) is 2.11. The number of aliphatic hydroxyl groups excluding tert-OH is 2. The van der Waals surface area contributed by atoms with Gasteiger partial charge >= 0.3 is 0 Å². The fraction of sp³-hybridized carbons (Fsp3) is 0.833. The first kappa shape index (κ1) is 8.43. The van der Waals surface area contributed by atoms with Crippen molar-refractivity contribution in [3.63, 3.8) is 0 Å². The molecule has 62 valence electrons. The van der Waals surface area contributed by atoms with Gasteiger partial charge in [-0.05, 0) is 0 Å². The van der Waals surface area contributed by atoms with Gasteiger partial charge in [0.1, 0.15) is 11.7 Å². The average molecular weight is 159 g/mol. The summed E-state index contributed by atoms with van der Waals surface area (Å²) in [5.74, 6) is 0. The smallest absolute Gasteiger partial charge is 0.172 e. The Labute approximate surface area is 63.4 Å². The zero-order chi connectivity index (χ0) is 8.48. The summed E-state index contributed by atoms with van der Waals surface area (Å²) >= 11 is 0. The molecule has 11 heavy (non-hydrogen) atoms. The van der Waals surface area contributed by atoms with E-state index in [2.05, 4.69) is 0 Å². The minimum absolute atomic E-state index is 0.205. The number of hydrogen-bond donors (Lipinski definition) is 3. The molecule has 1 fully saturated rings. The Morgan fingerprint density at radius 1 is 1.73 bits per heavy atom. The molecule has 1 heterocycles. The van der Waals surface area contributed by atoms with Gasteiger partial charge in [0.05, 0.1) is 19.3 Å². The molecule has 0 amide bonds. The molecule has 1 saturated heterocycles. The third-order valence-corrected chi connectivity index (χ3v) is 1.75. The molecule has 0 aromatic carbocycles. The molecule has 0 aliphatic carbocycles. The van der Waals surface area contributed by atoms with Gasteiger partial charge in [0.2, 0.25) is 0 Å². The minimum atomic E-state index is -1.67. The van der Waals surface area contributed by atoms with E-state index < -0.39 is 24.4 Å². The molecular weight excluding hydrogens is 150 g/mol. The van der Waals surface area contributed by atoms with Crippen LogP contribution in [0.25, 0.3) is 0 Å². The maximum atomic E-state index is 9.29. The predicted octanol–water partition coefficient (Wildman–Crippen LogP) is -2.01. The van der Waals surface area contributed by atoms with Gasteiger partial charge in [-0.1, -0.05) is 0 Å². The summed E-state index contributed by atoms with van der Waals surface area (Å²) in [4.78, 5) is 0. The monoisotopic (exact) mass is 159 g/mol. The van der Waals surface area contributed by atoms with E-state index in [0.717, 1.165) is 0 Å². The van der Waals surface area contributed by atoms with Crippen molar-refractivity contribution in [2.45, 2.75) is 17.8 Å². The molecule has 5 heteroatoms. The first-order valence-corrected chi connectivity index (χ1v) is 3.16. The van der Waals surface area contributed by atoms with Gasteiger partial charge in [0.15, 0.2) is 6.10 Å². The standard InChI is InChI=1S/C6H9NO4/c7-1-4-5(9)6(10,2-8)3-11-4/h4-5,8-10H,2-3H2/t4?,5-,6?/m0/s1. The summed E-state index contributed by atoms with van der Waals surface area (Å²) in [7, 11) is 0. The van der Waals surface area contributed by atoms with E-state index in [0.29, 0.717) is 0 Å². The Bertz CT molecular complexity index is 190. The Morgan fingerprint density at radius 3 is 2.64 bits per heavy atom. The normalized spacial score (nSPS) is 43.8. The van der Waals surface area contributed by atoms with Crippen LogP contribution in [0, 0.1) is 11.3 Å².